The van der Waals surface area contributed by atoms with Crippen molar-refractivity contribution in [1.82, 2.24) is 20.1 Å². The SMILES string of the molecule is CCc1ccccc1N1CCCSC1=NC(=O)NC(C)(C)c1ccc(-c2ncn(-c3ccc(OC(F)(F)F)cc3)n2)cc1. The average molecular weight is 609 g/mol. The van der Waals surface area contributed by atoms with Crippen LogP contribution in [-0.4, -0.2) is 44.6 Å². The summed E-state index contributed by atoms with van der Waals surface area (Å²) in [5.41, 5.74) is 3.73. The first kappa shape index (κ1) is 30.1. The fraction of sp³-hybridized carbons (Fsp3) is 0.290. The van der Waals surface area contributed by atoms with Crippen molar-refractivity contribution in [1.29, 1.82) is 0 Å². The lowest BCUT2D eigenvalue weighted by Gasteiger charge is -2.31. The van der Waals surface area contributed by atoms with Gasteiger partial charge in [-0.25, -0.2) is 14.5 Å². The van der Waals surface area contributed by atoms with Gasteiger partial charge in [-0.15, -0.1) is 18.3 Å². The molecular formula is C31H31F3N6O2S. The number of aryl methyl sites for hydroxylation is 1. The number of nitrogens with zero attached hydrogens (tertiary/aromatic N) is 5. The van der Waals surface area contributed by atoms with Crippen LogP contribution in [0.5, 0.6) is 5.75 Å². The van der Waals surface area contributed by atoms with Crippen molar-refractivity contribution < 1.29 is 22.7 Å². The standard InChI is InChI=1S/C31H31F3N6O2S/c1-4-21-8-5-6-9-26(21)39-18-7-19-43-29(39)36-28(41)37-30(2,3)23-12-10-22(11-13-23)27-35-20-40(38-27)24-14-16-25(17-15-24)42-31(32,33)34/h5-6,8-17,20H,4,7,18-19H2,1-3H3,(H,37,41). The first-order valence-corrected chi connectivity index (χ1v) is 14.8. The van der Waals surface area contributed by atoms with Crippen LogP contribution in [0, 0.1) is 0 Å². The number of benzene rings is 3. The van der Waals surface area contributed by atoms with Crippen LogP contribution in [-0.2, 0) is 12.0 Å². The second-order valence-corrected chi connectivity index (χ2v) is 11.5. The number of thioether (sulfide) groups is 1. The number of alkyl halides is 3. The molecule has 0 radical (unpaired) electrons. The minimum atomic E-state index is -4.75. The minimum Gasteiger partial charge on any atom is -0.406 e. The number of carbonyl (C=O) groups is 1. The zero-order chi connectivity index (χ0) is 30.6. The second-order valence-electron chi connectivity index (χ2n) is 10.4. The van der Waals surface area contributed by atoms with Crippen LogP contribution in [0.15, 0.2) is 84.1 Å². The number of halogens is 3. The number of amides is 2. The predicted octanol–water partition coefficient (Wildman–Crippen LogP) is 7.34. The molecule has 2 amide bonds. The Bertz CT molecular complexity index is 1600. The van der Waals surface area contributed by atoms with E-state index in [1.165, 1.54) is 40.8 Å². The molecule has 5 rings (SSSR count). The summed E-state index contributed by atoms with van der Waals surface area (Å²) in [6.07, 6.45) is -1.37. The third kappa shape index (κ3) is 7.37. The molecule has 0 atom stereocenters. The lowest BCUT2D eigenvalue weighted by atomic mass is 9.93. The number of anilines is 1. The summed E-state index contributed by atoms with van der Waals surface area (Å²) in [5, 5.41) is 8.19. The molecule has 0 bridgehead atoms. The lowest BCUT2D eigenvalue weighted by molar-refractivity contribution is -0.274. The summed E-state index contributed by atoms with van der Waals surface area (Å²) in [6.45, 7) is 6.76. The van der Waals surface area contributed by atoms with Crippen molar-refractivity contribution >= 4 is 28.6 Å². The number of rotatable bonds is 7. The molecule has 1 aliphatic rings. The fourth-order valence-corrected chi connectivity index (χ4v) is 5.71. The Morgan fingerprint density at radius 1 is 1.05 bits per heavy atom. The molecule has 3 aromatic carbocycles. The van der Waals surface area contributed by atoms with Gasteiger partial charge in [0.1, 0.15) is 12.1 Å². The van der Waals surface area contributed by atoms with E-state index in [2.05, 4.69) is 49.1 Å². The van der Waals surface area contributed by atoms with Gasteiger partial charge in [0.05, 0.1) is 11.2 Å². The highest BCUT2D eigenvalue weighted by Gasteiger charge is 2.31. The molecule has 1 fully saturated rings. The van der Waals surface area contributed by atoms with Crippen molar-refractivity contribution in [2.24, 2.45) is 4.99 Å². The minimum absolute atomic E-state index is 0.315. The molecule has 1 saturated heterocycles. The smallest absolute Gasteiger partial charge is 0.406 e. The highest BCUT2D eigenvalue weighted by atomic mass is 32.2. The van der Waals surface area contributed by atoms with Gasteiger partial charge >= 0.3 is 12.4 Å². The van der Waals surface area contributed by atoms with Gasteiger partial charge in [-0.2, -0.15) is 4.99 Å². The molecular weight excluding hydrogens is 577 g/mol. The third-order valence-corrected chi connectivity index (χ3v) is 8.02. The van der Waals surface area contributed by atoms with Crippen LogP contribution in [0.1, 0.15) is 38.3 Å². The Morgan fingerprint density at radius 2 is 1.77 bits per heavy atom. The molecule has 1 aromatic heterocycles. The average Bonchev–Trinajstić information content (AvgIpc) is 3.47. The number of carbonyl (C=O) groups excluding carboxylic acids is 1. The Labute approximate surface area is 252 Å². The third-order valence-electron chi connectivity index (χ3n) is 6.96. The Hall–Kier alpha value is -4.32. The monoisotopic (exact) mass is 608 g/mol. The van der Waals surface area contributed by atoms with Crippen LogP contribution >= 0.6 is 11.8 Å². The van der Waals surface area contributed by atoms with E-state index < -0.39 is 17.9 Å². The van der Waals surface area contributed by atoms with Gasteiger partial charge in [-0.3, -0.25) is 0 Å². The van der Waals surface area contributed by atoms with Crippen LogP contribution in [0.2, 0.25) is 0 Å². The highest BCUT2D eigenvalue weighted by Crippen LogP contribution is 2.29. The summed E-state index contributed by atoms with van der Waals surface area (Å²) < 4.78 is 42.7. The van der Waals surface area contributed by atoms with E-state index in [9.17, 15) is 18.0 Å². The van der Waals surface area contributed by atoms with Gasteiger partial charge in [0.15, 0.2) is 11.0 Å². The number of urea groups is 1. The topological polar surface area (TPSA) is 84.6 Å². The fourth-order valence-electron chi connectivity index (χ4n) is 4.76. The van der Waals surface area contributed by atoms with Crippen LogP contribution in [0.3, 0.4) is 0 Å². The molecule has 224 valence electrons. The summed E-state index contributed by atoms with van der Waals surface area (Å²) in [7, 11) is 0. The molecule has 0 spiro atoms. The second kappa shape index (κ2) is 12.5. The molecule has 12 heteroatoms. The van der Waals surface area contributed by atoms with E-state index in [1.54, 1.807) is 11.8 Å². The first-order valence-electron chi connectivity index (χ1n) is 13.8. The zero-order valence-electron chi connectivity index (χ0n) is 23.9. The summed E-state index contributed by atoms with van der Waals surface area (Å²) >= 11 is 1.59. The number of hydrogen-bond acceptors (Lipinski definition) is 5. The van der Waals surface area contributed by atoms with Gasteiger partial charge in [0.25, 0.3) is 0 Å². The van der Waals surface area contributed by atoms with Crippen LogP contribution < -0.4 is 15.0 Å². The summed E-state index contributed by atoms with van der Waals surface area (Å²) in [5.74, 6) is 1.03. The number of ether oxygens (including phenoxy) is 1. The molecule has 8 nitrogen and oxygen atoms in total. The van der Waals surface area contributed by atoms with Crippen molar-refractivity contribution in [2.75, 3.05) is 17.2 Å². The van der Waals surface area contributed by atoms with Crippen molar-refractivity contribution in [3.63, 3.8) is 0 Å². The summed E-state index contributed by atoms with van der Waals surface area (Å²) in [4.78, 5) is 24.1. The van der Waals surface area contributed by atoms with E-state index in [1.807, 2.05) is 50.2 Å². The maximum Gasteiger partial charge on any atom is 0.573 e. The summed E-state index contributed by atoms with van der Waals surface area (Å²) in [6, 6.07) is 20.7. The van der Waals surface area contributed by atoms with E-state index >= 15 is 0 Å². The highest BCUT2D eigenvalue weighted by molar-refractivity contribution is 8.14. The van der Waals surface area contributed by atoms with E-state index in [0.29, 0.717) is 16.7 Å². The van der Waals surface area contributed by atoms with Gasteiger partial charge in [0, 0.05) is 23.5 Å². The predicted molar refractivity (Wildman–Crippen MR) is 163 cm³/mol. The van der Waals surface area contributed by atoms with Crippen LogP contribution in [0.4, 0.5) is 23.7 Å². The van der Waals surface area contributed by atoms with Crippen molar-refractivity contribution in [2.45, 2.75) is 45.5 Å². The van der Waals surface area contributed by atoms with Gasteiger partial charge < -0.3 is 15.0 Å². The Kier molecular flexibility index (Phi) is 8.77. The Morgan fingerprint density at radius 3 is 2.47 bits per heavy atom. The first-order chi connectivity index (χ1) is 20.5. The largest absolute Gasteiger partial charge is 0.573 e. The Balaban J connectivity index is 1.27. The quantitative estimate of drug-likeness (QED) is 0.236. The van der Waals surface area contributed by atoms with Gasteiger partial charge in [0.2, 0.25) is 0 Å². The zero-order valence-corrected chi connectivity index (χ0v) is 24.7. The maximum atomic E-state index is 13.1. The van der Waals surface area contributed by atoms with E-state index in [0.717, 1.165) is 42.0 Å². The van der Waals surface area contributed by atoms with Crippen molar-refractivity contribution in [3.05, 3.63) is 90.3 Å². The molecule has 0 saturated carbocycles. The number of aliphatic imine (C=N–C) groups is 1. The molecule has 4 aromatic rings. The van der Waals surface area contributed by atoms with Crippen LogP contribution in [0.25, 0.3) is 17.1 Å². The molecule has 1 aliphatic heterocycles. The van der Waals surface area contributed by atoms with E-state index in [-0.39, 0.29) is 5.75 Å². The lowest BCUT2D eigenvalue weighted by Crippen LogP contribution is -2.41. The number of amidine groups is 1. The molecule has 0 aliphatic carbocycles. The molecule has 2 heterocycles. The number of nitrogens with one attached hydrogen (secondary N) is 1. The number of para-hydroxylation sites is 1. The molecule has 1 N–H and O–H groups in total. The van der Waals surface area contributed by atoms with Crippen molar-refractivity contribution in [3.8, 4) is 22.8 Å². The normalized spacial score (nSPS) is 15.0. The van der Waals surface area contributed by atoms with E-state index in [4.69, 9.17) is 0 Å². The molecule has 0 unspecified atom stereocenters. The molecule has 43 heavy (non-hydrogen) atoms. The number of aromatic nitrogens is 3. The van der Waals surface area contributed by atoms with Gasteiger partial charge in [-0.1, -0.05) is 61.2 Å². The number of hydrogen-bond donors (Lipinski definition) is 1. The maximum absolute atomic E-state index is 13.1. The van der Waals surface area contributed by atoms with Gasteiger partial charge in [-0.05, 0) is 68.1 Å².